The maximum Gasteiger partial charge on any atom is 0.203 e. The molecule has 0 saturated heterocycles. The van der Waals surface area contributed by atoms with E-state index in [4.69, 9.17) is 21.3 Å². The van der Waals surface area contributed by atoms with Crippen LogP contribution in [0.15, 0.2) is 10.5 Å². The quantitative estimate of drug-likeness (QED) is 0.699. The molecule has 70 valence electrons. The molecule has 0 amide bonds. The normalized spacial score (nSPS) is 10.4. The summed E-state index contributed by atoms with van der Waals surface area (Å²) in [6, 6.07) is 3.68. The summed E-state index contributed by atoms with van der Waals surface area (Å²) in [5, 5.41) is 8.62. The summed E-state index contributed by atoms with van der Waals surface area (Å²) in [5.74, 6) is 2.13. The van der Waals surface area contributed by atoms with Crippen LogP contribution in [0.5, 0.6) is 0 Å². The number of halogens is 1. The van der Waals surface area contributed by atoms with E-state index in [2.05, 4.69) is 13.8 Å². The first-order valence-electron chi connectivity index (χ1n) is 4.25. The monoisotopic (exact) mass is 197 g/mol. The van der Waals surface area contributed by atoms with Gasteiger partial charge in [0.05, 0.1) is 5.88 Å². The summed E-state index contributed by atoms with van der Waals surface area (Å²) < 4.78 is 5.32. The van der Waals surface area contributed by atoms with E-state index in [0.29, 0.717) is 17.6 Å². The number of alkyl halides is 1. The molecular weight excluding hydrogens is 186 g/mol. The molecule has 1 aromatic rings. The predicted molar refractivity (Wildman–Crippen MR) is 51.5 cm³/mol. The third kappa shape index (κ3) is 2.50. The van der Waals surface area contributed by atoms with Gasteiger partial charge in [0.1, 0.15) is 11.8 Å². The minimum Gasteiger partial charge on any atom is -0.450 e. The van der Waals surface area contributed by atoms with E-state index in [1.807, 2.05) is 6.07 Å². The molecule has 0 atom stereocenters. The fourth-order valence-electron chi connectivity index (χ4n) is 1.18. The second-order valence-electron chi connectivity index (χ2n) is 3.40. The largest absolute Gasteiger partial charge is 0.450 e. The minimum absolute atomic E-state index is 0.353. The first-order valence-corrected chi connectivity index (χ1v) is 4.78. The molecule has 3 heteroatoms. The van der Waals surface area contributed by atoms with Crippen molar-refractivity contribution in [1.29, 1.82) is 5.26 Å². The van der Waals surface area contributed by atoms with Crippen LogP contribution in [0.4, 0.5) is 0 Å². The number of hydrogen-bond acceptors (Lipinski definition) is 2. The summed E-state index contributed by atoms with van der Waals surface area (Å²) in [6.45, 7) is 4.21. The van der Waals surface area contributed by atoms with E-state index < -0.39 is 0 Å². The molecule has 0 unspecified atom stereocenters. The van der Waals surface area contributed by atoms with Crippen LogP contribution < -0.4 is 0 Å². The Kier molecular flexibility index (Phi) is 3.39. The van der Waals surface area contributed by atoms with Crippen molar-refractivity contribution in [1.82, 2.24) is 0 Å². The second-order valence-corrected chi connectivity index (χ2v) is 3.67. The third-order valence-electron chi connectivity index (χ3n) is 1.74. The molecular formula is C10H12ClNO. The number of furan rings is 1. The van der Waals surface area contributed by atoms with Gasteiger partial charge in [0.2, 0.25) is 5.76 Å². The van der Waals surface area contributed by atoms with Crippen LogP contribution in [0.25, 0.3) is 0 Å². The highest BCUT2D eigenvalue weighted by atomic mass is 35.5. The van der Waals surface area contributed by atoms with Gasteiger partial charge in [0, 0.05) is 12.0 Å². The van der Waals surface area contributed by atoms with Crippen LogP contribution in [-0.2, 0) is 12.3 Å². The summed E-state index contributed by atoms with van der Waals surface area (Å²) >= 11 is 5.72. The lowest BCUT2D eigenvalue weighted by Gasteiger charge is -2.01. The Balaban J connectivity index is 2.92. The van der Waals surface area contributed by atoms with Gasteiger partial charge >= 0.3 is 0 Å². The number of nitrogens with zero attached hydrogens (tertiary/aromatic N) is 1. The molecule has 0 N–H and O–H groups in total. The van der Waals surface area contributed by atoms with Gasteiger partial charge in [-0.2, -0.15) is 5.26 Å². The van der Waals surface area contributed by atoms with E-state index >= 15 is 0 Å². The molecule has 0 aromatic carbocycles. The molecule has 2 nitrogen and oxygen atoms in total. The van der Waals surface area contributed by atoms with Gasteiger partial charge < -0.3 is 4.42 Å². The first kappa shape index (κ1) is 10.1. The summed E-state index contributed by atoms with van der Waals surface area (Å²) in [5.41, 5.74) is 0.937. The fourth-order valence-corrected chi connectivity index (χ4v) is 1.40. The smallest absolute Gasteiger partial charge is 0.203 e. The van der Waals surface area contributed by atoms with Gasteiger partial charge in [0.25, 0.3) is 0 Å². The van der Waals surface area contributed by atoms with Crippen LogP contribution in [-0.4, -0.2) is 0 Å². The Morgan fingerprint density at radius 2 is 2.31 bits per heavy atom. The molecule has 0 aliphatic heterocycles. The molecule has 13 heavy (non-hydrogen) atoms. The van der Waals surface area contributed by atoms with Crippen molar-refractivity contribution in [3.05, 3.63) is 23.2 Å². The van der Waals surface area contributed by atoms with Crippen molar-refractivity contribution >= 4 is 11.6 Å². The van der Waals surface area contributed by atoms with E-state index in [1.54, 1.807) is 6.07 Å². The van der Waals surface area contributed by atoms with E-state index in [-0.39, 0.29) is 0 Å². The highest BCUT2D eigenvalue weighted by Crippen LogP contribution is 2.20. The topological polar surface area (TPSA) is 36.9 Å². The zero-order valence-corrected chi connectivity index (χ0v) is 8.56. The third-order valence-corrected chi connectivity index (χ3v) is 2.03. The van der Waals surface area contributed by atoms with Crippen LogP contribution in [0.1, 0.15) is 30.9 Å². The predicted octanol–water partition coefficient (Wildman–Crippen LogP) is 3.09. The van der Waals surface area contributed by atoms with Crippen molar-refractivity contribution in [2.24, 2.45) is 5.92 Å². The van der Waals surface area contributed by atoms with Crippen molar-refractivity contribution in [2.75, 3.05) is 0 Å². The molecule has 0 aliphatic rings. The summed E-state index contributed by atoms with van der Waals surface area (Å²) in [4.78, 5) is 0. The van der Waals surface area contributed by atoms with E-state index in [0.717, 1.165) is 17.7 Å². The van der Waals surface area contributed by atoms with Crippen molar-refractivity contribution in [3.63, 3.8) is 0 Å². The fraction of sp³-hybridized carbons (Fsp3) is 0.500. The summed E-state index contributed by atoms with van der Waals surface area (Å²) in [6.07, 6.45) is 0.837. The molecule has 1 rings (SSSR count). The highest BCUT2D eigenvalue weighted by molar-refractivity contribution is 6.17. The van der Waals surface area contributed by atoms with Gasteiger partial charge in [-0.3, -0.25) is 0 Å². The zero-order chi connectivity index (χ0) is 9.84. The average molecular weight is 198 g/mol. The Morgan fingerprint density at radius 1 is 1.62 bits per heavy atom. The standard InChI is InChI=1S/C10H12ClNO/c1-7(2)3-10-8(5-11)4-9(6-12)13-10/h4,7H,3,5H2,1-2H3. The van der Waals surface area contributed by atoms with Gasteiger partial charge in [-0.05, 0) is 12.0 Å². The summed E-state index contributed by atoms with van der Waals surface area (Å²) in [7, 11) is 0. The zero-order valence-electron chi connectivity index (χ0n) is 7.80. The lowest BCUT2D eigenvalue weighted by Crippen LogP contribution is -1.94. The Labute approximate surface area is 83.1 Å². The molecule has 0 aliphatic carbocycles. The maximum atomic E-state index is 8.62. The van der Waals surface area contributed by atoms with Crippen LogP contribution in [0.2, 0.25) is 0 Å². The lowest BCUT2D eigenvalue weighted by molar-refractivity contribution is 0.461. The number of rotatable bonds is 3. The number of nitriles is 1. The Morgan fingerprint density at radius 3 is 2.77 bits per heavy atom. The lowest BCUT2D eigenvalue weighted by atomic mass is 10.1. The average Bonchev–Trinajstić information content (AvgIpc) is 2.46. The van der Waals surface area contributed by atoms with Crippen molar-refractivity contribution in [2.45, 2.75) is 26.1 Å². The van der Waals surface area contributed by atoms with Crippen LogP contribution >= 0.6 is 11.6 Å². The van der Waals surface area contributed by atoms with Crippen molar-refractivity contribution in [3.8, 4) is 6.07 Å². The maximum absolute atomic E-state index is 8.62. The van der Waals surface area contributed by atoms with E-state index in [1.165, 1.54) is 0 Å². The molecule has 0 saturated carbocycles. The highest BCUT2D eigenvalue weighted by Gasteiger charge is 2.11. The SMILES string of the molecule is CC(C)Cc1oc(C#N)cc1CCl. The minimum atomic E-state index is 0.353. The Bertz CT molecular complexity index is 322. The van der Waals surface area contributed by atoms with E-state index in [9.17, 15) is 0 Å². The van der Waals surface area contributed by atoms with Gasteiger partial charge in [-0.15, -0.1) is 11.6 Å². The Hall–Kier alpha value is -0.940. The van der Waals surface area contributed by atoms with Crippen LogP contribution in [0, 0.1) is 17.2 Å². The molecule has 0 fully saturated rings. The molecule has 1 heterocycles. The van der Waals surface area contributed by atoms with Gasteiger partial charge in [-0.25, -0.2) is 0 Å². The molecule has 0 radical (unpaired) electrons. The van der Waals surface area contributed by atoms with Gasteiger partial charge in [-0.1, -0.05) is 13.8 Å². The second kappa shape index (κ2) is 4.34. The van der Waals surface area contributed by atoms with Crippen molar-refractivity contribution < 1.29 is 4.42 Å². The van der Waals surface area contributed by atoms with Gasteiger partial charge in [0.15, 0.2) is 0 Å². The number of hydrogen-bond donors (Lipinski definition) is 0. The molecule has 1 aromatic heterocycles. The molecule has 0 bridgehead atoms. The van der Waals surface area contributed by atoms with Crippen LogP contribution in [0.3, 0.4) is 0 Å². The molecule has 0 spiro atoms. The first-order chi connectivity index (χ1) is 6.17.